The summed E-state index contributed by atoms with van der Waals surface area (Å²) in [4.78, 5) is 18.2. The van der Waals surface area contributed by atoms with Crippen LogP contribution >= 0.6 is 23.1 Å². The number of ether oxygens (including phenoxy) is 2. The number of carbonyl (C=O) groups is 1. The van der Waals surface area contributed by atoms with E-state index < -0.39 is 0 Å². The highest BCUT2D eigenvalue weighted by Crippen LogP contribution is 2.28. The molecule has 7 heteroatoms. The van der Waals surface area contributed by atoms with Gasteiger partial charge in [-0.05, 0) is 30.5 Å². The van der Waals surface area contributed by atoms with Gasteiger partial charge in [0.1, 0.15) is 11.5 Å². The first-order valence-electron chi connectivity index (χ1n) is 7.77. The number of thiazole rings is 1. The third-order valence-corrected chi connectivity index (χ3v) is 5.23. The normalized spacial score (nSPS) is 10.4. The fourth-order valence-corrected chi connectivity index (χ4v) is 3.46. The lowest BCUT2D eigenvalue weighted by molar-refractivity contribution is 0.102. The number of amides is 1. The van der Waals surface area contributed by atoms with Gasteiger partial charge in [-0.25, -0.2) is 4.98 Å². The highest BCUT2D eigenvalue weighted by molar-refractivity contribution is 7.98. The SMILES string of the molecule is COc1cc(OC)cc(C(=O)Nc2nc(-c3ccc(SC)cc3)cs2)c1. The zero-order valence-corrected chi connectivity index (χ0v) is 16.2. The van der Waals surface area contributed by atoms with Gasteiger partial charge in [-0.1, -0.05) is 12.1 Å². The van der Waals surface area contributed by atoms with Crippen LogP contribution in [0.15, 0.2) is 52.7 Å². The second-order valence-corrected chi connectivity index (χ2v) is 7.06. The Morgan fingerprint density at radius 1 is 1.08 bits per heavy atom. The molecule has 0 aliphatic rings. The summed E-state index contributed by atoms with van der Waals surface area (Å²) >= 11 is 3.08. The Balaban J connectivity index is 1.77. The summed E-state index contributed by atoms with van der Waals surface area (Å²) in [6.07, 6.45) is 2.04. The van der Waals surface area contributed by atoms with Gasteiger partial charge < -0.3 is 9.47 Å². The minimum atomic E-state index is -0.263. The molecule has 134 valence electrons. The molecule has 0 atom stereocenters. The summed E-state index contributed by atoms with van der Waals surface area (Å²) < 4.78 is 10.4. The van der Waals surface area contributed by atoms with E-state index >= 15 is 0 Å². The number of hydrogen-bond donors (Lipinski definition) is 1. The third kappa shape index (κ3) is 4.17. The molecule has 5 nitrogen and oxygen atoms in total. The molecule has 1 amide bonds. The lowest BCUT2D eigenvalue weighted by atomic mass is 10.2. The Hall–Kier alpha value is -2.51. The number of thioether (sulfide) groups is 1. The molecule has 0 bridgehead atoms. The minimum Gasteiger partial charge on any atom is -0.497 e. The quantitative estimate of drug-likeness (QED) is 0.617. The molecule has 2 aromatic carbocycles. The Morgan fingerprint density at radius 3 is 2.31 bits per heavy atom. The van der Waals surface area contributed by atoms with Gasteiger partial charge >= 0.3 is 0 Å². The average molecular weight is 386 g/mol. The molecular formula is C19H18N2O3S2. The van der Waals surface area contributed by atoms with E-state index in [9.17, 15) is 4.79 Å². The molecule has 1 heterocycles. The zero-order valence-electron chi connectivity index (χ0n) is 14.6. The summed E-state index contributed by atoms with van der Waals surface area (Å²) in [6.45, 7) is 0. The Morgan fingerprint density at radius 2 is 1.73 bits per heavy atom. The van der Waals surface area contributed by atoms with Crippen LogP contribution in [0.1, 0.15) is 10.4 Å². The fourth-order valence-electron chi connectivity index (χ4n) is 2.33. The van der Waals surface area contributed by atoms with E-state index in [2.05, 4.69) is 22.4 Å². The molecule has 0 saturated heterocycles. The molecule has 0 aliphatic carbocycles. The van der Waals surface area contributed by atoms with Crippen LogP contribution in [-0.2, 0) is 0 Å². The lowest BCUT2D eigenvalue weighted by Crippen LogP contribution is -2.12. The number of carbonyl (C=O) groups excluding carboxylic acids is 1. The summed E-state index contributed by atoms with van der Waals surface area (Å²) in [5.41, 5.74) is 2.30. The van der Waals surface area contributed by atoms with Gasteiger partial charge in [0.15, 0.2) is 5.13 Å². The molecule has 3 rings (SSSR count). The molecule has 1 aromatic heterocycles. The van der Waals surface area contributed by atoms with E-state index in [0.717, 1.165) is 11.3 Å². The molecule has 3 aromatic rings. The van der Waals surface area contributed by atoms with E-state index in [0.29, 0.717) is 22.2 Å². The number of benzene rings is 2. The Bertz CT molecular complexity index is 885. The molecule has 0 saturated carbocycles. The number of anilines is 1. The van der Waals surface area contributed by atoms with Crippen molar-refractivity contribution in [1.29, 1.82) is 0 Å². The maximum Gasteiger partial charge on any atom is 0.257 e. The van der Waals surface area contributed by atoms with Crippen molar-refractivity contribution < 1.29 is 14.3 Å². The highest BCUT2D eigenvalue weighted by atomic mass is 32.2. The van der Waals surface area contributed by atoms with Gasteiger partial charge in [0.2, 0.25) is 0 Å². The predicted molar refractivity (Wildman–Crippen MR) is 107 cm³/mol. The summed E-state index contributed by atoms with van der Waals surface area (Å²) in [5, 5.41) is 5.30. The summed E-state index contributed by atoms with van der Waals surface area (Å²) in [6, 6.07) is 13.2. The van der Waals surface area contributed by atoms with Crippen molar-refractivity contribution in [3.8, 4) is 22.8 Å². The van der Waals surface area contributed by atoms with Crippen LogP contribution in [0.4, 0.5) is 5.13 Å². The summed E-state index contributed by atoms with van der Waals surface area (Å²) in [5.74, 6) is 0.854. The van der Waals surface area contributed by atoms with E-state index in [-0.39, 0.29) is 5.91 Å². The van der Waals surface area contributed by atoms with Crippen molar-refractivity contribution in [2.24, 2.45) is 0 Å². The van der Waals surface area contributed by atoms with Crippen LogP contribution in [0.3, 0.4) is 0 Å². The van der Waals surface area contributed by atoms with Crippen LogP contribution in [0, 0.1) is 0 Å². The smallest absolute Gasteiger partial charge is 0.257 e. The van der Waals surface area contributed by atoms with Crippen molar-refractivity contribution in [3.63, 3.8) is 0 Å². The number of rotatable bonds is 6. The van der Waals surface area contributed by atoms with Crippen LogP contribution < -0.4 is 14.8 Å². The van der Waals surface area contributed by atoms with Crippen LogP contribution in [-0.4, -0.2) is 31.4 Å². The average Bonchev–Trinajstić information content (AvgIpc) is 3.15. The topological polar surface area (TPSA) is 60.5 Å². The number of methoxy groups -OCH3 is 2. The van der Waals surface area contributed by atoms with Gasteiger partial charge in [0.25, 0.3) is 5.91 Å². The monoisotopic (exact) mass is 386 g/mol. The van der Waals surface area contributed by atoms with Gasteiger partial charge in [-0.3, -0.25) is 10.1 Å². The Labute approximate surface area is 160 Å². The van der Waals surface area contributed by atoms with Gasteiger partial charge in [0, 0.05) is 27.5 Å². The first-order valence-corrected chi connectivity index (χ1v) is 9.87. The summed E-state index contributed by atoms with van der Waals surface area (Å²) in [7, 11) is 3.10. The first-order chi connectivity index (χ1) is 12.6. The molecule has 0 spiro atoms. The zero-order chi connectivity index (χ0) is 18.5. The molecular weight excluding hydrogens is 368 g/mol. The second kappa shape index (κ2) is 8.25. The molecule has 26 heavy (non-hydrogen) atoms. The molecule has 0 unspecified atom stereocenters. The van der Waals surface area contributed by atoms with Crippen LogP contribution in [0.5, 0.6) is 11.5 Å². The number of aromatic nitrogens is 1. The van der Waals surface area contributed by atoms with E-state index in [1.54, 1.807) is 44.2 Å². The first kappa shape index (κ1) is 18.3. The maximum absolute atomic E-state index is 12.5. The van der Waals surface area contributed by atoms with Crippen molar-refractivity contribution in [2.75, 3.05) is 25.8 Å². The van der Waals surface area contributed by atoms with E-state index in [1.807, 2.05) is 23.8 Å². The highest BCUT2D eigenvalue weighted by Gasteiger charge is 2.13. The lowest BCUT2D eigenvalue weighted by Gasteiger charge is -2.08. The molecule has 0 aliphatic heterocycles. The number of nitrogens with one attached hydrogen (secondary N) is 1. The van der Waals surface area contributed by atoms with Crippen molar-refractivity contribution in [2.45, 2.75) is 4.90 Å². The predicted octanol–water partition coefficient (Wildman–Crippen LogP) is 4.80. The van der Waals surface area contributed by atoms with E-state index in [4.69, 9.17) is 9.47 Å². The Kier molecular flexibility index (Phi) is 5.80. The minimum absolute atomic E-state index is 0.263. The number of nitrogens with zero attached hydrogens (tertiary/aromatic N) is 1. The fraction of sp³-hybridized carbons (Fsp3) is 0.158. The van der Waals surface area contributed by atoms with Crippen LogP contribution in [0.2, 0.25) is 0 Å². The second-order valence-electron chi connectivity index (χ2n) is 5.32. The molecule has 0 radical (unpaired) electrons. The molecule has 1 N–H and O–H groups in total. The van der Waals surface area contributed by atoms with Crippen molar-refractivity contribution in [3.05, 3.63) is 53.4 Å². The third-order valence-electron chi connectivity index (χ3n) is 3.72. The van der Waals surface area contributed by atoms with E-state index in [1.165, 1.54) is 16.2 Å². The van der Waals surface area contributed by atoms with Crippen molar-refractivity contribution in [1.82, 2.24) is 4.98 Å². The largest absolute Gasteiger partial charge is 0.497 e. The van der Waals surface area contributed by atoms with Crippen molar-refractivity contribution >= 4 is 34.1 Å². The molecule has 0 fully saturated rings. The van der Waals surface area contributed by atoms with Gasteiger partial charge in [-0.15, -0.1) is 23.1 Å². The van der Waals surface area contributed by atoms with Crippen LogP contribution in [0.25, 0.3) is 11.3 Å². The standard InChI is InChI=1S/C19H18N2O3S2/c1-23-14-8-13(9-15(10-14)24-2)18(22)21-19-20-17(11-26-19)12-4-6-16(25-3)7-5-12/h4-11H,1-3H3,(H,20,21,22). The number of hydrogen-bond acceptors (Lipinski definition) is 6. The maximum atomic E-state index is 12.5. The van der Waals surface area contributed by atoms with Gasteiger partial charge in [-0.2, -0.15) is 0 Å². The van der Waals surface area contributed by atoms with Gasteiger partial charge in [0.05, 0.1) is 19.9 Å².